The van der Waals surface area contributed by atoms with Gasteiger partial charge in [-0.05, 0) is 29.8 Å². The number of nitrogens with zero attached hydrogens (tertiary/aromatic N) is 2. The Balaban J connectivity index is 1.71. The number of benzene rings is 1. The second kappa shape index (κ2) is 6.69. The van der Waals surface area contributed by atoms with Gasteiger partial charge in [-0.25, -0.2) is 4.85 Å². The number of carbonyl (C=O) groups excluding carboxylic acids is 1. The highest BCUT2D eigenvalue weighted by atomic mass is 16.1. The first-order valence-corrected chi connectivity index (χ1v) is 8.34. The average molecular weight is 340 g/mol. The fourth-order valence-corrected chi connectivity index (χ4v) is 3.13. The highest BCUT2D eigenvalue weighted by molar-refractivity contribution is 5.97. The van der Waals surface area contributed by atoms with Gasteiger partial charge in [0.1, 0.15) is 0 Å². The molecule has 0 spiro atoms. The zero-order chi connectivity index (χ0) is 17.9. The maximum atomic E-state index is 12.0. The zero-order valence-corrected chi connectivity index (χ0v) is 14.0. The molecule has 3 aromatic rings. The number of carbonyl (C=O) groups is 1. The molecule has 1 aromatic carbocycles. The van der Waals surface area contributed by atoms with E-state index >= 15 is 0 Å². The summed E-state index contributed by atoms with van der Waals surface area (Å²) in [6.07, 6.45) is 5.80. The van der Waals surface area contributed by atoms with E-state index < -0.39 is 0 Å². The number of amides is 1. The first kappa shape index (κ1) is 15.9. The normalized spacial score (nSPS) is 13.3. The zero-order valence-electron chi connectivity index (χ0n) is 14.0. The molecule has 3 heterocycles. The molecule has 1 aliphatic rings. The van der Waals surface area contributed by atoms with E-state index in [2.05, 4.69) is 20.1 Å². The highest BCUT2D eigenvalue weighted by Gasteiger charge is 2.20. The molecule has 2 aromatic heterocycles. The maximum Gasteiger partial charge on any atom is 0.253 e. The Morgan fingerprint density at radius 3 is 2.92 bits per heavy atom. The quantitative estimate of drug-likeness (QED) is 0.710. The number of rotatable bonds is 3. The predicted octanol–water partition coefficient (Wildman–Crippen LogP) is 3.92. The fraction of sp³-hybridized carbons (Fsp3) is 0.0952. The van der Waals surface area contributed by atoms with Gasteiger partial charge in [-0.15, -0.1) is 0 Å². The van der Waals surface area contributed by atoms with E-state index in [4.69, 9.17) is 6.57 Å². The summed E-state index contributed by atoms with van der Waals surface area (Å²) in [5.41, 5.74) is 6.38. The SMILES string of the molecule is [C-]#[N+]/C=C/c1cccc(-c2cc(-c3cc4c([nH]3)CCNC4=O)ccn2)c1. The van der Waals surface area contributed by atoms with Crippen molar-refractivity contribution in [3.63, 3.8) is 0 Å². The van der Waals surface area contributed by atoms with E-state index in [1.807, 2.05) is 42.5 Å². The third-order valence-electron chi connectivity index (χ3n) is 4.40. The van der Waals surface area contributed by atoms with Gasteiger partial charge >= 0.3 is 0 Å². The van der Waals surface area contributed by atoms with Crippen LogP contribution in [0.25, 0.3) is 33.4 Å². The molecule has 5 nitrogen and oxygen atoms in total. The Kier molecular flexibility index (Phi) is 4.08. The van der Waals surface area contributed by atoms with Crippen molar-refractivity contribution in [2.45, 2.75) is 6.42 Å². The van der Waals surface area contributed by atoms with Crippen LogP contribution in [0.1, 0.15) is 21.6 Å². The molecule has 0 saturated heterocycles. The van der Waals surface area contributed by atoms with E-state index in [1.165, 1.54) is 6.20 Å². The van der Waals surface area contributed by atoms with E-state index in [9.17, 15) is 4.79 Å². The van der Waals surface area contributed by atoms with Crippen LogP contribution >= 0.6 is 0 Å². The van der Waals surface area contributed by atoms with Crippen LogP contribution in [0.2, 0.25) is 0 Å². The van der Waals surface area contributed by atoms with Crippen molar-refractivity contribution in [2.75, 3.05) is 6.54 Å². The van der Waals surface area contributed by atoms with Crippen LogP contribution < -0.4 is 5.32 Å². The molecule has 0 unspecified atom stereocenters. The van der Waals surface area contributed by atoms with Gasteiger partial charge in [0.05, 0.1) is 17.8 Å². The molecule has 0 radical (unpaired) electrons. The fourth-order valence-electron chi connectivity index (χ4n) is 3.13. The minimum atomic E-state index is -0.0256. The molecular weight excluding hydrogens is 324 g/mol. The molecule has 0 aliphatic carbocycles. The lowest BCUT2D eigenvalue weighted by atomic mass is 10.0. The van der Waals surface area contributed by atoms with Crippen LogP contribution in [-0.4, -0.2) is 22.4 Å². The van der Waals surface area contributed by atoms with E-state index in [0.717, 1.165) is 45.8 Å². The molecule has 0 fully saturated rings. The lowest BCUT2D eigenvalue weighted by Gasteiger charge is -2.10. The Hall–Kier alpha value is -3.65. The van der Waals surface area contributed by atoms with Gasteiger partial charge in [0.2, 0.25) is 0 Å². The van der Waals surface area contributed by atoms with Crippen LogP contribution in [0.3, 0.4) is 0 Å². The van der Waals surface area contributed by atoms with E-state index in [1.54, 1.807) is 12.3 Å². The van der Waals surface area contributed by atoms with Crippen LogP contribution in [-0.2, 0) is 6.42 Å². The first-order valence-electron chi connectivity index (χ1n) is 8.34. The van der Waals surface area contributed by atoms with Crippen LogP contribution in [0, 0.1) is 6.57 Å². The first-order chi connectivity index (χ1) is 12.7. The summed E-state index contributed by atoms with van der Waals surface area (Å²) >= 11 is 0. The Bertz CT molecular complexity index is 1060. The second-order valence-corrected chi connectivity index (χ2v) is 6.08. The summed E-state index contributed by atoms with van der Waals surface area (Å²) in [7, 11) is 0. The second-order valence-electron chi connectivity index (χ2n) is 6.08. The Morgan fingerprint density at radius 1 is 1.15 bits per heavy atom. The molecule has 2 N–H and O–H groups in total. The van der Waals surface area contributed by atoms with Crippen LogP contribution in [0.5, 0.6) is 0 Å². The van der Waals surface area contributed by atoms with Gasteiger partial charge in [0.25, 0.3) is 5.91 Å². The van der Waals surface area contributed by atoms with Crippen LogP contribution in [0.15, 0.2) is 54.9 Å². The third-order valence-corrected chi connectivity index (χ3v) is 4.40. The number of fused-ring (bicyclic) bond motifs is 1. The van der Waals surface area contributed by atoms with Crippen molar-refractivity contribution in [2.24, 2.45) is 0 Å². The Labute approximate surface area is 151 Å². The molecule has 0 bridgehead atoms. The van der Waals surface area contributed by atoms with E-state index in [0.29, 0.717) is 6.54 Å². The number of pyridine rings is 1. The number of nitrogens with one attached hydrogen (secondary N) is 2. The number of H-pyrrole nitrogens is 1. The predicted molar refractivity (Wildman–Crippen MR) is 101 cm³/mol. The molecule has 126 valence electrons. The van der Waals surface area contributed by atoms with Crippen molar-refractivity contribution in [1.29, 1.82) is 0 Å². The smallest absolute Gasteiger partial charge is 0.253 e. The lowest BCUT2D eigenvalue weighted by molar-refractivity contribution is 0.0946. The average Bonchev–Trinajstić information content (AvgIpc) is 3.13. The highest BCUT2D eigenvalue weighted by Crippen LogP contribution is 2.27. The number of aromatic amines is 1. The number of aromatic nitrogens is 2. The van der Waals surface area contributed by atoms with Gasteiger partial charge in [-0.1, -0.05) is 24.3 Å². The largest absolute Gasteiger partial charge is 0.358 e. The topological polar surface area (TPSA) is 62.1 Å². The number of hydrogen-bond acceptors (Lipinski definition) is 2. The van der Waals surface area contributed by atoms with Gasteiger partial charge in [0, 0.05) is 41.7 Å². The van der Waals surface area contributed by atoms with Gasteiger partial charge in [-0.3, -0.25) is 9.78 Å². The molecule has 1 amide bonds. The van der Waals surface area contributed by atoms with Crippen molar-refractivity contribution >= 4 is 12.0 Å². The third kappa shape index (κ3) is 3.01. The standard InChI is InChI=1S/C21H16N4O/c1-22-8-5-14-3-2-4-15(11-14)19-12-16(6-9-23-19)20-13-17-18(25-20)7-10-24-21(17)26/h2-6,8-9,11-13,25H,7,10H2,(H,24,26)/b8-5+. The van der Waals surface area contributed by atoms with Gasteiger partial charge in [-0.2, -0.15) is 0 Å². The Morgan fingerprint density at radius 2 is 2.08 bits per heavy atom. The minimum Gasteiger partial charge on any atom is -0.358 e. The van der Waals surface area contributed by atoms with Crippen molar-refractivity contribution in [3.05, 3.63) is 83.1 Å². The maximum absolute atomic E-state index is 12.0. The molecule has 5 heteroatoms. The molecule has 0 saturated carbocycles. The molecule has 4 rings (SSSR count). The number of hydrogen-bond donors (Lipinski definition) is 2. The van der Waals surface area contributed by atoms with Gasteiger partial charge in [0.15, 0.2) is 6.20 Å². The monoisotopic (exact) mass is 340 g/mol. The molecular formula is C21H16N4O. The summed E-state index contributed by atoms with van der Waals surface area (Å²) in [6, 6.07) is 13.7. The van der Waals surface area contributed by atoms with Crippen molar-refractivity contribution in [1.82, 2.24) is 15.3 Å². The summed E-state index contributed by atoms with van der Waals surface area (Å²) in [4.78, 5) is 23.1. The molecule has 1 aliphatic heterocycles. The summed E-state index contributed by atoms with van der Waals surface area (Å²) in [5, 5.41) is 2.86. The van der Waals surface area contributed by atoms with Gasteiger partial charge < -0.3 is 10.3 Å². The minimum absolute atomic E-state index is 0.0256. The summed E-state index contributed by atoms with van der Waals surface area (Å²) in [6.45, 7) is 7.52. The lowest BCUT2D eigenvalue weighted by Crippen LogP contribution is -2.31. The van der Waals surface area contributed by atoms with Crippen molar-refractivity contribution in [3.8, 4) is 22.5 Å². The summed E-state index contributed by atoms with van der Waals surface area (Å²) < 4.78 is 0. The molecule has 0 atom stereocenters. The van der Waals surface area contributed by atoms with E-state index in [-0.39, 0.29) is 5.91 Å². The van der Waals surface area contributed by atoms with Crippen LogP contribution in [0.4, 0.5) is 0 Å². The molecule has 26 heavy (non-hydrogen) atoms. The summed E-state index contributed by atoms with van der Waals surface area (Å²) in [5.74, 6) is -0.0256. The van der Waals surface area contributed by atoms with Crippen molar-refractivity contribution < 1.29 is 4.79 Å².